The van der Waals surface area contributed by atoms with Gasteiger partial charge in [0.05, 0.1) is 17.6 Å². The van der Waals surface area contributed by atoms with Crippen molar-refractivity contribution in [1.82, 2.24) is 15.0 Å². The lowest BCUT2D eigenvalue weighted by Gasteiger charge is -2.05. The first kappa shape index (κ1) is 8.62. The number of hydrogen-bond donors (Lipinski definition) is 1. The average molecular weight is 186 g/mol. The zero-order chi connectivity index (χ0) is 9.97. The van der Waals surface area contributed by atoms with E-state index < -0.39 is 0 Å². The van der Waals surface area contributed by atoms with Crippen LogP contribution < -0.4 is 5.73 Å². The van der Waals surface area contributed by atoms with E-state index in [0.29, 0.717) is 5.69 Å². The Hall–Kier alpha value is -1.97. The predicted octanol–water partition coefficient (Wildman–Crippen LogP) is 1.43. The van der Waals surface area contributed by atoms with Crippen LogP contribution in [-0.4, -0.2) is 15.0 Å². The average Bonchev–Trinajstić information content (AvgIpc) is 2.20. The molecule has 4 nitrogen and oxygen atoms in total. The highest BCUT2D eigenvalue weighted by Crippen LogP contribution is 2.23. The molecule has 2 heterocycles. The Bertz CT molecular complexity index is 410. The topological polar surface area (TPSA) is 64.7 Å². The molecule has 2 aromatic rings. The molecule has 4 heteroatoms. The Morgan fingerprint density at radius 1 is 1.21 bits per heavy atom. The van der Waals surface area contributed by atoms with E-state index >= 15 is 0 Å². The summed E-state index contributed by atoms with van der Waals surface area (Å²) in [6, 6.07) is 1.93. The molecule has 14 heavy (non-hydrogen) atoms. The van der Waals surface area contributed by atoms with Crippen molar-refractivity contribution >= 4 is 5.69 Å². The lowest BCUT2D eigenvalue weighted by molar-refractivity contribution is 1.16. The van der Waals surface area contributed by atoms with Crippen LogP contribution in [0.25, 0.3) is 11.3 Å². The van der Waals surface area contributed by atoms with Gasteiger partial charge < -0.3 is 5.73 Å². The number of hydrogen-bond acceptors (Lipinski definition) is 4. The highest BCUT2D eigenvalue weighted by atomic mass is 14.9. The summed E-state index contributed by atoms with van der Waals surface area (Å²) in [5.41, 5.74) is 9.14. The lowest BCUT2D eigenvalue weighted by atomic mass is 10.1. The molecule has 0 aliphatic rings. The quantitative estimate of drug-likeness (QED) is 0.731. The number of rotatable bonds is 1. The minimum atomic E-state index is 0.573. The Balaban J connectivity index is 2.61. The van der Waals surface area contributed by atoms with E-state index in [1.807, 2.05) is 13.0 Å². The maximum Gasteiger partial charge on any atom is 0.116 e. The van der Waals surface area contributed by atoms with Crippen LogP contribution in [0, 0.1) is 6.92 Å². The number of aromatic nitrogens is 3. The smallest absolute Gasteiger partial charge is 0.116 e. The summed E-state index contributed by atoms with van der Waals surface area (Å²) in [6.07, 6.45) is 6.58. The molecular formula is C10H10N4. The van der Waals surface area contributed by atoms with Crippen molar-refractivity contribution in [3.05, 3.63) is 36.5 Å². The van der Waals surface area contributed by atoms with Crippen LogP contribution in [0.4, 0.5) is 5.69 Å². The normalized spacial score (nSPS) is 10.1. The van der Waals surface area contributed by atoms with Gasteiger partial charge in [-0.1, -0.05) is 0 Å². The first-order valence-electron chi connectivity index (χ1n) is 4.25. The van der Waals surface area contributed by atoms with Crippen LogP contribution in [-0.2, 0) is 0 Å². The summed E-state index contributed by atoms with van der Waals surface area (Å²) in [5, 5.41) is 0. The van der Waals surface area contributed by atoms with E-state index in [1.54, 1.807) is 18.6 Å². The second kappa shape index (κ2) is 3.41. The van der Waals surface area contributed by atoms with Crippen molar-refractivity contribution in [2.24, 2.45) is 0 Å². The Morgan fingerprint density at radius 2 is 2.07 bits per heavy atom. The Labute approximate surface area is 81.9 Å². The fourth-order valence-electron chi connectivity index (χ4n) is 1.28. The highest BCUT2D eigenvalue weighted by molar-refractivity contribution is 5.73. The van der Waals surface area contributed by atoms with Gasteiger partial charge in [0.1, 0.15) is 6.33 Å². The van der Waals surface area contributed by atoms with Gasteiger partial charge >= 0.3 is 0 Å². The van der Waals surface area contributed by atoms with Crippen LogP contribution in [0.15, 0.2) is 31.0 Å². The Kier molecular flexibility index (Phi) is 2.10. The summed E-state index contributed by atoms with van der Waals surface area (Å²) in [5.74, 6) is 0. The first-order valence-corrected chi connectivity index (χ1v) is 4.25. The lowest BCUT2D eigenvalue weighted by Crippen LogP contribution is -1.96. The van der Waals surface area contributed by atoms with Gasteiger partial charge in [0, 0.05) is 18.0 Å². The van der Waals surface area contributed by atoms with E-state index in [-0.39, 0.29) is 0 Å². The maximum atomic E-state index is 5.77. The standard InChI is InChI=1S/C10H10N4/c1-7-2-3-12-4-8(7)10-9(11)5-13-6-14-10/h2-6H,11H2,1H3. The van der Waals surface area contributed by atoms with Gasteiger partial charge in [0.25, 0.3) is 0 Å². The summed E-state index contributed by atoms with van der Waals surface area (Å²) in [6.45, 7) is 2.00. The molecule has 0 aromatic carbocycles. The SMILES string of the molecule is Cc1ccncc1-c1ncncc1N. The molecule has 70 valence electrons. The van der Waals surface area contributed by atoms with Crippen LogP contribution in [0.2, 0.25) is 0 Å². The minimum Gasteiger partial charge on any atom is -0.396 e. The second-order valence-corrected chi connectivity index (χ2v) is 3.02. The molecule has 0 aliphatic carbocycles. The van der Waals surface area contributed by atoms with Crippen LogP contribution in [0.5, 0.6) is 0 Å². The Morgan fingerprint density at radius 3 is 2.79 bits per heavy atom. The summed E-state index contributed by atoms with van der Waals surface area (Å²) in [7, 11) is 0. The minimum absolute atomic E-state index is 0.573. The van der Waals surface area contributed by atoms with Crippen molar-refractivity contribution in [2.45, 2.75) is 6.92 Å². The zero-order valence-corrected chi connectivity index (χ0v) is 7.81. The van der Waals surface area contributed by atoms with Crippen molar-refractivity contribution < 1.29 is 0 Å². The fraction of sp³-hybridized carbons (Fsp3) is 0.100. The van der Waals surface area contributed by atoms with Gasteiger partial charge in [-0.3, -0.25) is 4.98 Å². The van der Waals surface area contributed by atoms with Crippen molar-refractivity contribution in [3.8, 4) is 11.3 Å². The molecular weight excluding hydrogens is 176 g/mol. The van der Waals surface area contributed by atoms with E-state index in [1.165, 1.54) is 6.33 Å². The van der Waals surface area contributed by atoms with E-state index in [2.05, 4.69) is 15.0 Å². The summed E-state index contributed by atoms with van der Waals surface area (Å²) < 4.78 is 0. The van der Waals surface area contributed by atoms with Crippen molar-refractivity contribution in [2.75, 3.05) is 5.73 Å². The molecule has 0 bridgehead atoms. The first-order chi connectivity index (χ1) is 6.79. The zero-order valence-electron chi connectivity index (χ0n) is 7.81. The van der Waals surface area contributed by atoms with Crippen LogP contribution in [0.1, 0.15) is 5.56 Å². The molecule has 0 radical (unpaired) electrons. The van der Waals surface area contributed by atoms with Crippen molar-refractivity contribution in [3.63, 3.8) is 0 Å². The van der Waals surface area contributed by atoms with Gasteiger partial charge in [0.2, 0.25) is 0 Å². The van der Waals surface area contributed by atoms with E-state index in [9.17, 15) is 0 Å². The summed E-state index contributed by atoms with van der Waals surface area (Å²) >= 11 is 0. The number of pyridine rings is 1. The molecule has 0 saturated heterocycles. The number of nitrogens with two attached hydrogens (primary N) is 1. The third-order valence-electron chi connectivity index (χ3n) is 2.03. The monoisotopic (exact) mass is 186 g/mol. The van der Waals surface area contributed by atoms with E-state index in [4.69, 9.17) is 5.73 Å². The number of nitrogen functional groups attached to an aromatic ring is 1. The number of anilines is 1. The highest BCUT2D eigenvalue weighted by Gasteiger charge is 2.06. The summed E-state index contributed by atoms with van der Waals surface area (Å²) in [4.78, 5) is 12.0. The molecule has 0 saturated carbocycles. The molecule has 0 spiro atoms. The molecule has 2 N–H and O–H groups in total. The van der Waals surface area contributed by atoms with Gasteiger partial charge in [-0.15, -0.1) is 0 Å². The van der Waals surface area contributed by atoms with Crippen LogP contribution >= 0.6 is 0 Å². The molecule has 0 aliphatic heterocycles. The fourth-order valence-corrected chi connectivity index (χ4v) is 1.28. The number of aryl methyl sites for hydroxylation is 1. The maximum absolute atomic E-state index is 5.77. The molecule has 0 amide bonds. The molecule has 0 unspecified atom stereocenters. The largest absolute Gasteiger partial charge is 0.396 e. The molecule has 0 fully saturated rings. The van der Waals surface area contributed by atoms with Gasteiger partial charge in [-0.25, -0.2) is 9.97 Å². The number of nitrogens with zero attached hydrogens (tertiary/aromatic N) is 3. The predicted molar refractivity (Wildman–Crippen MR) is 54.4 cm³/mol. The molecule has 0 atom stereocenters. The van der Waals surface area contributed by atoms with Crippen molar-refractivity contribution in [1.29, 1.82) is 0 Å². The van der Waals surface area contributed by atoms with Gasteiger partial charge in [-0.05, 0) is 18.6 Å². The van der Waals surface area contributed by atoms with Gasteiger partial charge in [0.15, 0.2) is 0 Å². The third kappa shape index (κ3) is 1.42. The molecule has 2 rings (SSSR count). The second-order valence-electron chi connectivity index (χ2n) is 3.02. The van der Waals surface area contributed by atoms with E-state index in [0.717, 1.165) is 16.8 Å². The van der Waals surface area contributed by atoms with Crippen LogP contribution in [0.3, 0.4) is 0 Å². The van der Waals surface area contributed by atoms with Gasteiger partial charge in [-0.2, -0.15) is 0 Å². The molecule has 2 aromatic heterocycles. The third-order valence-corrected chi connectivity index (χ3v) is 2.03.